The Kier molecular flexibility index (Phi) is 3.89. The first-order valence-corrected chi connectivity index (χ1v) is 7.50. The predicted octanol–water partition coefficient (Wildman–Crippen LogP) is 1.96. The van der Waals surface area contributed by atoms with E-state index in [1.807, 2.05) is 26.8 Å². The Labute approximate surface area is 135 Å². The minimum atomic E-state index is -0.509. The molecule has 0 radical (unpaired) electrons. The van der Waals surface area contributed by atoms with Crippen molar-refractivity contribution in [2.24, 2.45) is 0 Å². The largest absolute Gasteiger partial charge is 0.481 e. The number of likely N-dealkylation sites (tertiary alicyclic amines) is 1. The number of carbonyl (C=O) groups is 1. The second kappa shape index (κ2) is 5.73. The molecule has 0 bridgehead atoms. The predicted molar refractivity (Wildman–Crippen MR) is 83.5 cm³/mol. The summed E-state index contributed by atoms with van der Waals surface area (Å²) in [7, 11) is 1.58. The number of aromatic nitrogens is 1. The lowest BCUT2D eigenvalue weighted by Gasteiger charge is -2.24. The third kappa shape index (κ3) is 3.24. The average molecular weight is 319 g/mol. The number of hydroxylamine groups is 1. The minimum Gasteiger partial charge on any atom is -0.481 e. The molecule has 1 N–H and O–H groups in total. The van der Waals surface area contributed by atoms with Crippen molar-refractivity contribution in [1.82, 2.24) is 15.4 Å². The fraction of sp³-hybridized carbons (Fsp3) is 0.500. The number of nitrogens with one attached hydrogen (secondary N) is 1. The Balaban J connectivity index is 1.77. The normalized spacial score (nSPS) is 20.3. The van der Waals surface area contributed by atoms with Gasteiger partial charge in [-0.15, -0.1) is 0 Å². The van der Waals surface area contributed by atoms with Crippen molar-refractivity contribution in [1.29, 1.82) is 0 Å². The quantitative estimate of drug-likeness (QED) is 0.898. The van der Waals surface area contributed by atoms with E-state index in [0.29, 0.717) is 19.0 Å². The molecule has 3 heterocycles. The third-order valence-corrected chi connectivity index (χ3v) is 3.65. The molecular formula is C16H21N3O4. The summed E-state index contributed by atoms with van der Waals surface area (Å²) in [6, 6.07) is 3.70. The van der Waals surface area contributed by atoms with E-state index in [4.69, 9.17) is 14.3 Å². The number of pyridine rings is 1. The van der Waals surface area contributed by atoms with E-state index < -0.39 is 5.60 Å². The highest BCUT2D eigenvalue weighted by Gasteiger charge is 2.39. The van der Waals surface area contributed by atoms with Gasteiger partial charge in [-0.1, -0.05) is 0 Å². The van der Waals surface area contributed by atoms with Gasteiger partial charge in [0.15, 0.2) is 0 Å². The van der Waals surface area contributed by atoms with Crippen LogP contribution in [-0.4, -0.2) is 47.9 Å². The zero-order chi connectivity index (χ0) is 16.6. The number of hydrogen-bond acceptors (Lipinski definition) is 6. The van der Waals surface area contributed by atoms with E-state index in [9.17, 15) is 4.79 Å². The highest BCUT2D eigenvalue weighted by molar-refractivity contribution is 5.74. The molecule has 1 atom stereocenters. The second-order valence-corrected chi connectivity index (χ2v) is 6.56. The molecule has 1 saturated heterocycles. The maximum atomic E-state index is 12.2. The summed E-state index contributed by atoms with van der Waals surface area (Å²) < 4.78 is 10.5. The zero-order valence-electron chi connectivity index (χ0n) is 13.8. The van der Waals surface area contributed by atoms with Crippen LogP contribution in [0, 0.1) is 0 Å². The molecule has 124 valence electrons. The number of hydrogen-bond donors (Lipinski definition) is 1. The first-order chi connectivity index (χ1) is 10.9. The van der Waals surface area contributed by atoms with E-state index >= 15 is 0 Å². The molecule has 1 aromatic heterocycles. The van der Waals surface area contributed by atoms with Gasteiger partial charge in [0.05, 0.1) is 25.9 Å². The summed E-state index contributed by atoms with van der Waals surface area (Å²) >= 11 is 0. The molecule has 1 fully saturated rings. The van der Waals surface area contributed by atoms with E-state index in [1.54, 1.807) is 24.3 Å². The van der Waals surface area contributed by atoms with E-state index in [2.05, 4.69) is 10.5 Å². The third-order valence-electron chi connectivity index (χ3n) is 3.65. The topological polar surface area (TPSA) is 72.9 Å². The smallest absolute Gasteiger partial charge is 0.410 e. The Bertz CT molecular complexity index is 634. The van der Waals surface area contributed by atoms with Crippen LogP contribution in [0.4, 0.5) is 4.79 Å². The van der Waals surface area contributed by atoms with Crippen LogP contribution in [0.1, 0.15) is 26.3 Å². The van der Waals surface area contributed by atoms with Crippen LogP contribution in [-0.2, 0) is 9.57 Å². The lowest BCUT2D eigenvalue weighted by atomic mass is 10.1. The monoisotopic (exact) mass is 319 g/mol. The molecule has 0 unspecified atom stereocenters. The summed E-state index contributed by atoms with van der Waals surface area (Å²) in [5, 5.41) is 0. The highest BCUT2D eigenvalue weighted by atomic mass is 16.7. The van der Waals surface area contributed by atoms with Gasteiger partial charge < -0.3 is 14.4 Å². The van der Waals surface area contributed by atoms with Gasteiger partial charge in [-0.3, -0.25) is 10.3 Å². The molecule has 3 rings (SSSR count). The number of amides is 1. The fourth-order valence-corrected chi connectivity index (χ4v) is 2.59. The Morgan fingerprint density at radius 2 is 2.22 bits per heavy atom. The minimum absolute atomic E-state index is 0.153. The average Bonchev–Trinajstić information content (AvgIpc) is 3.05. The first kappa shape index (κ1) is 15.6. The lowest BCUT2D eigenvalue weighted by Crippen LogP contribution is -2.36. The second-order valence-electron chi connectivity index (χ2n) is 6.56. The van der Waals surface area contributed by atoms with Crippen molar-refractivity contribution in [3.05, 3.63) is 29.5 Å². The van der Waals surface area contributed by atoms with Crippen molar-refractivity contribution in [3.63, 3.8) is 0 Å². The van der Waals surface area contributed by atoms with Crippen molar-refractivity contribution in [2.75, 3.05) is 20.2 Å². The molecule has 7 heteroatoms. The molecule has 1 amide bonds. The summed E-state index contributed by atoms with van der Waals surface area (Å²) in [6.07, 6.45) is 1.24. The summed E-state index contributed by atoms with van der Waals surface area (Å²) in [5.41, 5.74) is 5.22. The van der Waals surface area contributed by atoms with Gasteiger partial charge in [-0.05, 0) is 26.8 Å². The molecular weight excluding hydrogens is 298 g/mol. The molecule has 0 spiro atoms. The van der Waals surface area contributed by atoms with Crippen LogP contribution < -0.4 is 10.2 Å². The molecule has 0 aliphatic carbocycles. The van der Waals surface area contributed by atoms with Gasteiger partial charge in [0.2, 0.25) is 5.88 Å². The summed E-state index contributed by atoms with van der Waals surface area (Å²) in [4.78, 5) is 23.6. The van der Waals surface area contributed by atoms with E-state index in [-0.39, 0.29) is 12.2 Å². The lowest BCUT2D eigenvalue weighted by molar-refractivity contribution is 0.0146. The van der Waals surface area contributed by atoms with Gasteiger partial charge in [0.1, 0.15) is 11.7 Å². The molecule has 0 saturated carbocycles. The van der Waals surface area contributed by atoms with Gasteiger partial charge >= 0.3 is 6.09 Å². The molecule has 23 heavy (non-hydrogen) atoms. The van der Waals surface area contributed by atoms with Crippen LogP contribution >= 0.6 is 0 Å². The Morgan fingerprint density at radius 3 is 2.83 bits per heavy atom. The van der Waals surface area contributed by atoms with Crippen LogP contribution in [0.3, 0.4) is 0 Å². The molecule has 7 nitrogen and oxygen atoms in total. The fourth-order valence-electron chi connectivity index (χ4n) is 2.59. The zero-order valence-corrected chi connectivity index (χ0v) is 13.8. The van der Waals surface area contributed by atoms with Crippen LogP contribution in [0.5, 0.6) is 5.88 Å². The molecule has 2 aliphatic heterocycles. The number of nitrogens with zero attached hydrogens (tertiary/aromatic N) is 2. The number of ether oxygens (including phenoxy) is 2. The number of methoxy groups -OCH3 is 1. The van der Waals surface area contributed by atoms with E-state index in [0.717, 1.165) is 16.8 Å². The van der Waals surface area contributed by atoms with Crippen molar-refractivity contribution in [3.8, 4) is 5.88 Å². The van der Waals surface area contributed by atoms with E-state index in [1.165, 1.54) is 0 Å². The standard InChI is InChI=1S/C16H21N3O4/c1-16(2,3)22-15(20)19-8-11-12(9-19)23-18-14(11)10-5-6-13(21-4)17-7-10/h5-7,12,18H,8-9H2,1-4H3/t12-/m0/s1. The number of fused-ring (bicyclic) bond motifs is 1. The van der Waals surface area contributed by atoms with Crippen molar-refractivity contribution < 1.29 is 19.1 Å². The number of carbonyl (C=O) groups excluding carboxylic acids is 1. The van der Waals surface area contributed by atoms with Crippen molar-refractivity contribution in [2.45, 2.75) is 32.5 Å². The van der Waals surface area contributed by atoms with Gasteiger partial charge in [-0.2, -0.15) is 0 Å². The SMILES string of the molecule is COc1ccc(C2=C3CN(C(=O)OC(C)(C)C)C[C@@H]3ON2)cn1. The molecule has 0 aromatic carbocycles. The van der Waals surface area contributed by atoms with Crippen LogP contribution in [0.2, 0.25) is 0 Å². The summed E-state index contributed by atoms with van der Waals surface area (Å²) in [5.74, 6) is 0.552. The maximum Gasteiger partial charge on any atom is 0.410 e. The van der Waals surface area contributed by atoms with Gasteiger partial charge in [-0.25, -0.2) is 9.78 Å². The Morgan fingerprint density at radius 1 is 1.43 bits per heavy atom. The maximum absolute atomic E-state index is 12.2. The van der Waals surface area contributed by atoms with Gasteiger partial charge in [0.25, 0.3) is 0 Å². The Hall–Kier alpha value is -2.28. The van der Waals surface area contributed by atoms with Gasteiger partial charge in [0, 0.05) is 23.4 Å². The van der Waals surface area contributed by atoms with Crippen molar-refractivity contribution >= 4 is 11.8 Å². The van der Waals surface area contributed by atoms with Crippen LogP contribution in [0.25, 0.3) is 5.70 Å². The first-order valence-electron chi connectivity index (χ1n) is 7.50. The summed E-state index contributed by atoms with van der Waals surface area (Å²) in [6.45, 7) is 6.52. The molecule has 1 aromatic rings. The van der Waals surface area contributed by atoms with Crippen LogP contribution in [0.15, 0.2) is 23.9 Å². The number of rotatable bonds is 2. The molecule has 2 aliphatic rings. The highest BCUT2D eigenvalue weighted by Crippen LogP contribution is 2.32.